The number of imidazole rings is 1. The van der Waals surface area contributed by atoms with Crippen molar-refractivity contribution in [3.05, 3.63) is 35.8 Å². The van der Waals surface area contributed by atoms with Crippen LogP contribution in [-0.2, 0) is 14.9 Å². The molecule has 5 aliphatic rings. The van der Waals surface area contributed by atoms with Gasteiger partial charge in [-0.15, -0.1) is 0 Å². The fraction of sp³-hybridized carbons (Fsp3) is 0.640. The SMILES string of the molecule is O=C(NCC12CC3CC(CC(C3)C1)C2)c1cccc2nc(C3(C(=O)O)CCOCC3)cn12. The molecule has 0 unspecified atom stereocenters. The number of aromatic nitrogens is 2. The van der Waals surface area contributed by atoms with Gasteiger partial charge in [-0.05, 0) is 86.7 Å². The number of carboxylic acids is 1. The van der Waals surface area contributed by atoms with E-state index in [1.54, 1.807) is 16.7 Å². The summed E-state index contributed by atoms with van der Waals surface area (Å²) in [6, 6.07) is 5.45. The first-order valence-corrected chi connectivity index (χ1v) is 12.0. The summed E-state index contributed by atoms with van der Waals surface area (Å²) in [5.74, 6) is 1.57. The molecule has 4 saturated carbocycles. The normalized spacial score (nSPS) is 32.8. The Morgan fingerprint density at radius 3 is 2.38 bits per heavy atom. The maximum atomic E-state index is 13.3. The van der Waals surface area contributed by atoms with E-state index in [2.05, 4.69) is 10.3 Å². The molecule has 5 fully saturated rings. The van der Waals surface area contributed by atoms with Crippen LogP contribution in [0.5, 0.6) is 0 Å². The maximum Gasteiger partial charge on any atom is 0.315 e. The Morgan fingerprint density at radius 2 is 1.75 bits per heavy atom. The van der Waals surface area contributed by atoms with Crippen LogP contribution < -0.4 is 5.32 Å². The van der Waals surface area contributed by atoms with Crippen molar-refractivity contribution >= 4 is 17.5 Å². The highest BCUT2D eigenvalue weighted by molar-refractivity contribution is 5.93. The predicted octanol–water partition coefficient (Wildman–Crippen LogP) is 3.41. The van der Waals surface area contributed by atoms with Crippen LogP contribution in [0.15, 0.2) is 24.4 Å². The van der Waals surface area contributed by atoms with E-state index >= 15 is 0 Å². The zero-order valence-electron chi connectivity index (χ0n) is 18.4. The molecule has 7 rings (SSSR count). The quantitative estimate of drug-likeness (QED) is 0.748. The van der Waals surface area contributed by atoms with E-state index < -0.39 is 11.4 Å². The fourth-order valence-corrected chi connectivity index (χ4v) is 7.59. The molecule has 32 heavy (non-hydrogen) atoms. The number of fused-ring (bicyclic) bond motifs is 1. The second-order valence-corrected chi connectivity index (χ2v) is 10.9. The maximum absolute atomic E-state index is 13.3. The lowest BCUT2D eigenvalue weighted by Crippen LogP contribution is -2.51. The van der Waals surface area contributed by atoms with Crippen molar-refractivity contribution < 1.29 is 19.4 Å². The Bertz CT molecular complexity index is 1030. The molecule has 0 spiro atoms. The van der Waals surface area contributed by atoms with E-state index in [-0.39, 0.29) is 11.3 Å². The Morgan fingerprint density at radius 1 is 1.09 bits per heavy atom. The molecule has 2 aromatic heterocycles. The number of rotatable bonds is 5. The second-order valence-electron chi connectivity index (χ2n) is 10.9. The molecular weight excluding hydrogens is 406 g/mol. The lowest BCUT2D eigenvalue weighted by Gasteiger charge is -2.56. The number of nitrogens with one attached hydrogen (secondary N) is 1. The van der Waals surface area contributed by atoms with Gasteiger partial charge >= 0.3 is 5.97 Å². The van der Waals surface area contributed by atoms with Crippen molar-refractivity contribution in [2.75, 3.05) is 19.8 Å². The van der Waals surface area contributed by atoms with Crippen LogP contribution in [-0.4, -0.2) is 46.1 Å². The molecular formula is C25H31N3O4. The van der Waals surface area contributed by atoms with E-state index in [1.807, 2.05) is 12.1 Å². The van der Waals surface area contributed by atoms with Crippen LogP contribution in [0.1, 0.15) is 67.5 Å². The Hall–Kier alpha value is -2.41. The fourth-order valence-electron chi connectivity index (χ4n) is 7.59. The van der Waals surface area contributed by atoms with Crippen LogP contribution in [0.4, 0.5) is 0 Å². The monoisotopic (exact) mass is 437 g/mol. The second kappa shape index (κ2) is 7.30. The number of carbonyl (C=O) groups is 2. The first kappa shape index (κ1) is 20.2. The first-order chi connectivity index (χ1) is 15.5. The highest BCUT2D eigenvalue weighted by atomic mass is 16.5. The molecule has 1 amide bonds. The summed E-state index contributed by atoms with van der Waals surface area (Å²) in [6.45, 7) is 1.54. The molecule has 0 atom stereocenters. The molecule has 4 aliphatic carbocycles. The van der Waals surface area contributed by atoms with Crippen LogP contribution in [0, 0.1) is 23.2 Å². The van der Waals surface area contributed by atoms with Crippen molar-refractivity contribution in [2.24, 2.45) is 23.2 Å². The van der Waals surface area contributed by atoms with Gasteiger partial charge in [-0.3, -0.25) is 14.0 Å². The molecule has 7 nitrogen and oxygen atoms in total. The van der Waals surface area contributed by atoms with Gasteiger partial charge in [0.05, 0.1) is 5.69 Å². The summed E-state index contributed by atoms with van der Waals surface area (Å²) in [4.78, 5) is 30.1. The van der Waals surface area contributed by atoms with Gasteiger partial charge in [-0.1, -0.05) is 6.07 Å². The van der Waals surface area contributed by atoms with Gasteiger partial charge in [0.2, 0.25) is 0 Å². The molecule has 170 valence electrons. The van der Waals surface area contributed by atoms with Gasteiger partial charge in [-0.25, -0.2) is 4.98 Å². The van der Waals surface area contributed by atoms with Gasteiger partial charge in [0.1, 0.15) is 16.8 Å². The van der Waals surface area contributed by atoms with Gasteiger partial charge in [0, 0.05) is 26.0 Å². The third-order valence-corrected chi connectivity index (χ3v) is 8.76. The summed E-state index contributed by atoms with van der Waals surface area (Å²) in [6.07, 6.45) is 10.4. The van der Waals surface area contributed by atoms with E-state index in [1.165, 1.54) is 38.5 Å². The van der Waals surface area contributed by atoms with E-state index in [9.17, 15) is 14.7 Å². The van der Waals surface area contributed by atoms with Crippen LogP contribution >= 0.6 is 0 Å². The molecule has 0 aromatic carbocycles. The lowest BCUT2D eigenvalue weighted by molar-refractivity contribution is -0.148. The predicted molar refractivity (Wildman–Crippen MR) is 117 cm³/mol. The van der Waals surface area contributed by atoms with E-state index in [0.29, 0.717) is 43.1 Å². The molecule has 1 saturated heterocycles. The van der Waals surface area contributed by atoms with Gasteiger partial charge < -0.3 is 15.2 Å². The Labute approximate surface area is 187 Å². The lowest BCUT2D eigenvalue weighted by atomic mass is 9.49. The smallest absolute Gasteiger partial charge is 0.315 e. The average Bonchev–Trinajstić information content (AvgIpc) is 3.22. The van der Waals surface area contributed by atoms with E-state index in [4.69, 9.17) is 4.74 Å². The van der Waals surface area contributed by atoms with Crippen LogP contribution in [0.3, 0.4) is 0 Å². The number of hydrogen-bond acceptors (Lipinski definition) is 4. The summed E-state index contributed by atoms with van der Waals surface area (Å²) < 4.78 is 7.16. The van der Waals surface area contributed by atoms with Crippen molar-refractivity contribution in [1.29, 1.82) is 0 Å². The summed E-state index contributed by atoms with van der Waals surface area (Å²) >= 11 is 0. The molecule has 2 N–H and O–H groups in total. The van der Waals surface area contributed by atoms with E-state index in [0.717, 1.165) is 24.3 Å². The molecule has 7 heteroatoms. The summed E-state index contributed by atoms with van der Waals surface area (Å²) in [7, 11) is 0. The number of carboxylic acid groups (broad SMARTS) is 1. The summed E-state index contributed by atoms with van der Waals surface area (Å²) in [5, 5.41) is 13.2. The minimum absolute atomic E-state index is 0.105. The topological polar surface area (TPSA) is 92.9 Å². The van der Waals surface area contributed by atoms with Gasteiger partial charge in [-0.2, -0.15) is 0 Å². The molecule has 0 radical (unpaired) electrons. The Kier molecular flexibility index (Phi) is 4.61. The first-order valence-electron chi connectivity index (χ1n) is 12.0. The number of amides is 1. The minimum Gasteiger partial charge on any atom is -0.481 e. The zero-order valence-corrected chi connectivity index (χ0v) is 18.4. The third kappa shape index (κ3) is 3.16. The zero-order chi connectivity index (χ0) is 21.9. The van der Waals surface area contributed by atoms with Crippen molar-refractivity contribution in [2.45, 2.75) is 56.8 Å². The minimum atomic E-state index is -1.06. The molecule has 4 bridgehead atoms. The molecule has 2 aromatic rings. The largest absolute Gasteiger partial charge is 0.481 e. The highest BCUT2D eigenvalue weighted by Gasteiger charge is 2.51. The molecule has 3 heterocycles. The number of hydrogen-bond donors (Lipinski definition) is 2. The number of aliphatic carboxylic acids is 1. The number of nitrogens with zero attached hydrogens (tertiary/aromatic N) is 2. The highest BCUT2D eigenvalue weighted by Crippen LogP contribution is 2.59. The Balaban J connectivity index is 1.26. The standard InChI is InChI=1S/C25H31N3O4/c29-22(26-15-24-11-16-8-17(12-24)10-18(9-16)13-24)19-2-1-3-21-27-20(14-28(19)21)25(23(30)31)4-6-32-7-5-25/h1-3,14,16-18H,4-13,15H2,(H,26,29)(H,30,31). The molecule has 1 aliphatic heterocycles. The van der Waals surface area contributed by atoms with Gasteiger partial charge in [0.25, 0.3) is 5.91 Å². The number of ether oxygens (including phenoxy) is 1. The van der Waals surface area contributed by atoms with Gasteiger partial charge in [0.15, 0.2) is 0 Å². The average molecular weight is 438 g/mol. The third-order valence-electron chi connectivity index (χ3n) is 8.76. The van der Waals surface area contributed by atoms with Crippen LogP contribution in [0.25, 0.3) is 5.65 Å². The number of carbonyl (C=O) groups excluding carboxylic acids is 1. The summed E-state index contributed by atoms with van der Waals surface area (Å²) in [5.41, 5.74) is 0.841. The van der Waals surface area contributed by atoms with Crippen LogP contribution in [0.2, 0.25) is 0 Å². The van der Waals surface area contributed by atoms with Crippen molar-refractivity contribution in [3.8, 4) is 0 Å². The van der Waals surface area contributed by atoms with Crippen molar-refractivity contribution in [3.63, 3.8) is 0 Å². The number of pyridine rings is 1. The van der Waals surface area contributed by atoms with Crippen molar-refractivity contribution in [1.82, 2.24) is 14.7 Å².